The molecular formula is C22H25FN6OS. The molecule has 1 atom stereocenters. The number of hydrogen-bond donors (Lipinski definition) is 2. The van der Waals surface area contributed by atoms with Gasteiger partial charge in [0.05, 0.1) is 6.54 Å². The van der Waals surface area contributed by atoms with E-state index in [9.17, 15) is 9.18 Å². The zero-order chi connectivity index (χ0) is 21.6. The minimum atomic E-state index is -0.321. The summed E-state index contributed by atoms with van der Waals surface area (Å²) in [6.45, 7) is 4.00. The quantitative estimate of drug-likeness (QED) is 0.573. The molecule has 1 aromatic carbocycles. The third-order valence-corrected chi connectivity index (χ3v) is 6.18. The lowest BCUT2D eigenvalue weighted by Gasteiger charge is -2.32. The number of benzene rings is 1. The van der Waals surface area contributed by atoms with Gasteiger partial charge < -0.3 is 10.6 Å². The number of amides is 1. The summed E-state index contributed by atoms with van der Waals surface area (Å²) in [6.07, 6.45) is 2.90. The Labute approximate surface area is 184 Å². The molecule has 1 fully saturated rings. The summed E-state index contributed by atoms with van der Waals surface area (Å²) in [5.41, 5.74) is 1.61. The molecule has 1 unspecified atom stereocenters. The Morgan fingerprint density at radius 1 is 1.23 bits per heavy atom. The SMILES string of the molecule is CCc1nnc(Nc2cccc(C3CCCN(CC(=O)Nc4ccc(F)cc4)C3)n2)s1. The molecule has 2 N–H and O–H groups in total. The molecule has 1 amide bonds. The third kappa shape index (κ3) is 5.83. The lowest BCUT2D eigenvalue weighted by atomic mass is 9.94. The summed E-state index contributed by atoms with van der Waals surface area (Å²) in [6, 6.07) is 11.8. The van der Waals surface area contributed by atoms with E-state index in [2.05, 4.69) is 32.7 Å². The number of nitrogens with one attached hydrogen (secondary N) is 2. The van der Waals surface area contributed by atoms with Gasteiger partial charge in [-0.15, -0.1) is 10.2 Å². The van der Waals surface area contributed by atoms with Gasteiger partial charge in [-0.05, 0) is 62.2 Å². The first kappa shape index (κ1) is 21.3. The van der Waals surface area contributed by atoms with Gasteiger partial charge in [0.1, 0.15) is 16.6 Å². The number of halogens is 1. The summed E-state index contributed by atoms with van der Waals surface area (Å²) in [5.74, 6) is 0.592. The van der Waals surface area contributed by atoms with Crippen molar-refractivity contribution in [2.24, 2.45) is 0 Å². The van der Waals surface area contributed by atoms with Crippen LogP contribution in [-0.2, 0) is 11.2 Å². The Morgan fingerprint density at radius 2 is 2.06 bits per heavy atom. The van der Waals surface area contributed by atoms with Crippen molar-refractivity contribution in [1.82, 2.24) is 20.1 Å². The summed E-state index contributed by atoms with van der Waals surface area (Å²) < 4.78 is 13.0. The van der Waals surface area contributed by atoms with Crippen molar-refractivity contribution in [3.8, 4) is 0 Å². The number of aryl methyl sites for hydroxylation is 1. The number of nitrogens with zero attached hydrogens (tertiary/aromatic N) is 4. The molecule has 2 aromatic heterocycles. The van der Waals surface area contributed by atoms with E-state index in [1.54, 1.807) is 12.1 Å². The number of anilines is 3. The molecule has 0 saturated carbocycles. The molecule has 1 aliphatic heterocycles. The topological polar surface area (TPSA) is 83.0 Å². The molecule has 9 heteroatoms. The summed E-state index contributed by atoms with van der Waals surface area (Å²) in [5, 5.41) is 16.1. The van der Waals surface area contributed by atoms with Gasteiger partial charge in [-0.3, -0.25) is 9.69 Å². The first-order chi connectivity index (χ1) is 15.1. The fraction of sp³-hybridized carbons (Fsp3) is 0.364. The highest BCUT2D eigenvalue weighted by Crippen LogP contribution is 2.27. The Balaban J connectivity index is 1.35. The van der Waals surface area contributed by atoms with Crippen LogP contribution in [0.1, 0.15) is 36.4 Å². The first-order valence-corrected chi connectivity index (χ1v) is 11.2. The number of pyridine rings is 1. The number of likely N-dealkylation sites (tertiary alicyclic amines) is 1. The van der Waals surface area contributed by atoms with E-state index < -0.39 is 0 Å². The van der Waals surface area contributed by atoms with Crippen LogP contribution >= 0.6 is 11.3 Å². The van der Waals surface area contributed by atoms with Crippen molar-refractivity contribution in [2.75, 3.05) is 30.3 Å². The fourth-order valence-electron chi connectivity index (χ4n) is 3.68. The standard InChI is InChI=1S/C22H25FN6OS/c1-2-21-27-28-22(31-21)26-19-7-3-6-18(25-19)15-5-4-12-29(13-15)14-20(30)24-17-10-8-16(23)9-11-17/h3,6-11,15H,2,4-5,12-14H2,1H3,(H,24,30)(H,25,26,28). The normalized spacial score (nSPS) is 16.8. The molecule has 0 radical (unpaired) electrons. The van der Waals surface area contributed by atoms with Gasteiger partial charge in [0, 0.05) is 23.8 Å². The van der Waals surface area contributed by atoms with E-state index in [0.29, 0.717) is 12.2 Å². The van der Waals surface area contributed by atoms with Crippen molar-refractivity contribution in [1.29, 1.82) is 0 Å². The van der Waals surface area contributed by atoms with Crippen molar-refractivity contribution < 1.29 is 9.18 Å². The highest BCUT2D eigenvalue weighted by Gasteiger charge is 2.24. The third-order valence-electron chi connectivity index (χ3n) is 5.19. The second-order valence-electron chi connectivity index (χ2n) is 7.56. The summed E-state index contributed by atoms with van der Waals surface area (Å²) >= 11 is 1.53. The second-order valence-corrected chi connectivity index (χ2v) is 8.62. The van der Waals surface area contributed by atoms with Crippen molar-refractivity contribution in [3.63, 3.8) is 0 Å². The van der Waals surface area contributed by atoms with Gasteiger partial charge in [-0.1, -0.05) is 24.3 Å². The maximum absolute atomic E-state index is 13.0. The zero-order valence-electron chi connectivity index (χ0n) is 17.3. The van der Waals surface area contributed by atoms with Gasteiger partial charge >= 0.3 is 0 Å². The van der Waals surface area contributed by atoms with Crippen LogP contribution in [0, 0.1) is 5.82 Å². The van der Waals surface area contributed by atoms with Crippen LogP contribution in [0.4, 0.5) is 21.0 Å². The molecule has 3 heterocycles. The van der Waals surface area contributed by atoms with Crippen LogP contribution in [0.5, 0.6) is 0 Å². The molecule has 0 spiro atoms. The molecule has 31 heavy (non-hydrogen) atoms. The van der Waals surface area contributed by atoms with Gasteiger partial charge in [0.25, 0.3) is 0 Å². The van der Waals surface area contributed by atoms with Crippen LogP contribution in [0.15, 0.2) is 42.5 Å². The Bertz CT molecular complexity index is 1020. The minimum Gasteiger partial charge on any atom is -0.325 e. The van der Waals surface area contributed by atoms with E-state index in [0.717, 1.165) is 54.0 Å². The molecule has 7 nitrogen and oxygen atoms in total. The fourth-order valence-corrected chi connectivity index (χ4v) is 4.37. The van der Waals surface area contributed by atoms with E-state index in [1.807, 2.05) is 18.2 Å². The number of carbonyl (C=O) groups excluding carboxylic acids is 1. The highest BCUT2D eigenvalue weighted by atomic mass is 32.1. The molecule has 1 saturated heterocycles. The molecule has 0 bridgehead atoms. The average Bonchev–Trinajstić information content (AvgIpc) is 3.23. The number of carbonyl (C=O) groups is 1. The minimum absolute atomic E-state index is 0.0985. The Hall–Kier alpha value is -2.91. The van der Waals surface area contributed by atoms with Crippen LogP contribution < -0.4 is 10.6 Å². The van der Waals surface area contributed by atoms with Gasteiger partial charge in [0.2, 0.25) is 11.0 Å². The van der Waals surface area contributed by atoms with E-state index in [1.165, 1.54) is 23.5 Å². The van der Waals surface area contributed by atoms with Gasteiger partial charge in [-0.25, -0.2) is 9.37 Å². The maximum Gasteiger partial charge on any atom is 0.238 e. The number of aromatic nitrogens is 3. The van der Waals surface area contributed by atoms with Crippen LogP contribution in [0.3, 0.4) is 0 Å². The molecule has 0 aliphatic carbocycles. The Morgan fingerprint density at radius 3 is 2.84 bits per heavy atom. The lowest BCUT2D eigenvalue weighted by Crippen LogP contribution is -2.40. The number of hydrogen-bond acceptors (Lipinski definition) is 7. The van der Waals surface area contributed by atoms with Crippen molar-refractivity contribution >= 4 is 33.9 Å². The smallest absolute Gasteiger partial charge is 0.238 e. The molecular weight excluding hydrogens is 415 g/mol. The van der Waals surface area contributed by atoms with Gasteiger partial charge in [0.15, 0.2) is 0 Å². The summed E-state index contributed by atoms with van der Waals surface area (Å²) in [4.78, 5) is 19.3. The van der Waals surface area contributed by atoms with Crippen LogP contribution in [0.25, 0.3) is 0 Å². The van der Waals surface area contributed by atoms with E-state index in [-0.39, 0.29) is 17.6 Å². The van der Waals surface area contributed by atoms with E-state index in [4.69, 9.17) is 4.98 Å². The molecule has 162 valence electrons. The first-order valence-electron chi connectivity index (χ1n) is 10.4. The predicted molar refractivity (Wildman–Crippen MR) is 120 cm³/mol. The van der Waals surface area contributed by atoms with Crippen LogP contribution in [-0.4, -0.2) is 45.6 Å². The second kappa shape index (κ2) is 9.93. The maximum atomic E-state index is 13.0. The summed E-state index contributed by atoms with van der Waals surface area (Å²) in [7, 11) is 0. The van der Waals surface area contributed by atoms with Gasteiger partial charge in [-0.2, -0.15) is 0 Å². The lowest BCUT2D eigenvalue weighted by molar-refractivity contribution is -0.117. The monoisotopic (exact) mass is 440 g/mol. The van der Waals surface area contributed by atoms with Crippen molar-refractivity contribution in [3.05, 3.63) is 59.0 Å². The molecule has 1 aliphatic rings. The van der Waals surface area contributed by atoms with E-state index >= 15 is 0 Å². The zero-order valence-corrected chi connectivity index (χ0v) is 18.2. The molecule has 3 aromatic rings. The van der Waals surface area contributed by atoms with Crippen LogP contribution in [0.2, 0.25) is 0 Å². The van der Waals surface area contributed by atoms with Crippen molar-refractivity contribution in [2.45, 2.75) is 32.1 Å². The largest absolute Gasteiger partial charge is 0.325 e. The number of piperidine rings is 1. The predicted octanol–water partition coefficient (Wildman–Crippen LogP) is 4.20. The highest BCUT2D eigenvalue weighted by molar-refractivity contribution is 7.15. The number of rotatable bonds is 7. The Kier molecular flexibility index (Phi) is 6.83. The molecule has 4 rings (SSSR count). The average molecular weight is 441 g/mol.